The Morgan fingerprint density at radius 3 is 2.92 bits per heavy atom. The third-order valence-corrected chi connectivity index (χ3v) is 1.84. The van der Waals surface area contributed by atoms with Crippen molar-refractivity contribution in [1.82, 2.24) is 0 Å². The first-order valence-electron chi connectivity index (χ1n) is 4.26. The predicted octanol–water partition coefficient (Wildman–Crippen LogP) is 1.05. The second-order valence-electron chi connectivity index (χ2n) is 2.66. The zero-order valence-corrected chi connectivity index (χ0v) is 7.89. The first kappa shape index (κ1) is 10.3. The fourth-order valence-electron chi connectivity index (χ4n) is 1.07. The molecule has 1 saturated heterocycles. The molecule has 0 bridgehead atoms. The van der Waals surface area contributed by atoms with E-state index in [-0.39, 0.29) is 6.10 Å². The van der Waals surface area contributed by atoms with Crippen LogP contribution in [0.2, 0.25) is 0 Å². The molecule has 0 aromatic rings. The van der Waals surface area contributed by atoms with Gasteiger partial charge >= 0.3 is 0 Å². The van der Waals surface area contributed by atoms with Crippen LogP contribution in [-0.2, 0) is 14.2 Å². The van der Waals surface area contributed by atoms with E-state index in [1.54, 1.807) is 0 Å². The number of halogens is 1. The summed E-state index contributed by atoms with van der Waals surface area (Å²) in [7, 11) is 0. The normalized spacial score (nSPS) is 23.2. The molecule has 0 N–H and O–H groups in total. The van der Waals surface area contributed by atoms with Crippen molar-refractivity contribution in [2.24, 2.45) is 0 Å². The van der Waals surface area contributed by atoms with Gasteiger partial charge in [0.2, 0.25) is 0 Å². The summed E-state index contributed by atoms with van der Waals surface area (Å²) >= 11 is 5.42. The molecule has 1 rings (SSSR count). The molecule has 1 aliphatic rings. The second kappa shape index (κ2) is 6.66. The summed E-state index contributed by atoms with van der Waals surface area (Å²) in [6.45, 7) is 3.43. The lowest BCUT2D eigenvalue weighted by Gasteiger charge is -2.09. The van der Waals surface area contributed by atoms with Crippen LogP contribution in [-0.4, -0.2) is 45.0 Å². The molecule has 12 heavy (non-hydrogen) atoms. The van der Waals surface area contributed by atoms with Crippen LogP contribution in [0.5, 0.6) is 0 Å². The van der Waals surface area contributed by atoms with Crippen molar-refractivity contribution < 1.29 is 14.2 Å². The molecule has 1 atom stereocenters. The van der Waals surface area contributed by atoms with E-state index in [9.17, 15) is 0 Å². The van der Waals surface area contributed by atoms with Crippen LogP contribution in [0.1, 0.15) is 6.42 Å². The zero-order valence-electron chi connectivity index (χ0n) is 7.13. The van der Waals surface area contributed by atoms with E-state index in [4.69, 9.17) is 25.8 Å². The van der Waals surface area contributed by atoms with Gasteiger partial charge in [-0.25, -0.2) is 0 Å². The Morgan fingerprint density at radius 1 is 1.33 bits per heavy atom. The van der Waals surface area contributed by atoms with E-state index in [0.29, 0.717) is 25.7 Å². The highest BCUT2D eigenvalue weighted by atomic mass is 35.5. The predicted molar refractivity (Wildman–Crippen MR) is 46.7 cm³/mol. The summed E-state index contributed by atoms with van der Waals surface area (Å²) < 4.78 is 15.7. The summed E-state index contributed by atoms with van der Waals surface area (Å²) in [5.74, 6) is 0.548. The molecule has 3 nitrogen and oxygen atoms in total. The summed E-state index contributed by atoms with van der Waals surface area (Å²) in [6.07, 6.45) is 1.29. The van der Waals surface area contributed by atoms with Gasteiger partial charge in [0.1, 0.15) is 0 Å². The molecular formula is C8H15ClO3. The van der Waals surface area contributed by atoms with Gasteiger partial charge in [0.15, 0.2) is 0 Å². The lowest BCUT2D eigenvalue weighted by atomic mass is 10.3. The standard InChI is InChI=1S/C8H15ClO3/c9-2-4-10-5-6-12-8-1-3-11-7-8/h8H,1-7H2. The Kier molecular flexibility index (Phi) is 5.69. The average Bonchev–Trinajstić information content (AvgIpc) is 2.57. The third-order valence-electron chi connectivity index (χ3n) is 1.69. The highest BCUT2D eigenvalue weighted by Gasteiger charge is 2.15. The molecule has 1 heterocycles. The quantitative estimate of drug-likeness (QED) is 0.467. The Balaban J connectivity index is 1.81. The van der Waals surface area contributed by atoms with Crippen LogP contribution >= 0.6 is 11.6 Å². The van der Waals surface area contributed by atoms with Crippen molar-refractivity contribution in [2.45, 2.75) is 12.5 Å². The van der Waals surface area contributed by atoms with Gasteiger partial charge in [0, 0.05) is 12.5 Å². The molecule has 72 valence electrons. The van der Waals surface area contributed by atoms with Gasteiger partial charge in [-0.3, -0.25) is 0 Å². The van der Waals surface area contributed by atoms with E-state index < -0.39 is 0 Å². The van der Waals surface area contributed by atoms with Crippen molar-refractivity contribution in [2.75, 3.05) is 38.9 Å². The molecule has 0 aromatic heterocycles. The molecule has 0 amide bonds. The zero-order chi connectivity index (χ0) is 8.65. The summed E-state index contributed by atoms with van der Waals surface area (Å²) in [5, 5.41) is 0. The van der Waals surface area contributed by atoms with Crippen LogP contribution in [0.15, 0.2) is 0 Å². The molecule has 4 heteroatoms. The van der Waals surface area contributed by atoms with Crippen LogP contribution in [0.4, 0.5) is 0 Å². The Labute approximate surface area is 77.9 Å². The summed E-state index contributed by atoms with van der Waals surface area (Å²) in [4.78, 5) is 0. The first-order chi connectivity index (χ1) is 5.93. The summed E-state index contributed by atoms with van der Waals surface area (Å²) in [6, 6.07) is 0. The maximum Gasteiger partial charge on any atom is 0.0831 e. The number of hydrogen-bond donors (Lipinski definition) is 0. The number of ether oxygens (including phenoxy) is 3. The van der Waals surface area contributed by atoms with Crippen molar-refractivity contribution >= 4 is 11.6 Å². The van der Waals surface area contributed by atoms with Crippen molar-refractivity contribution in [3.8, 4) is 0 Å². The van der Waals surface area contributed by atoms with Gasteiger partial charge in [-0.15, -0.1) is 11.6 Å². The molecular weight excluding hydrogens is 180 g/mol. The van der Waals surface area contributed by atoms with Crippen molar-refractivity contribution in [3.05, 3.63) is 0 Å². The SMILES string of the molecule is ClCCOCCOC1CCOC1. The highest BCUT2D eigenvalue weighted by Crippen LogP contribution is 2.07. The van der Waals surface area contributed by atoms with Gasteiger partial charge in [-0.2, -0.15) is 0 Å². The van der Waals surface area contributed by atoms with Gasteiger partial charge in [0.25, 0.3) is 0 Å². The van der Waals surface area contributed by atoms with Crippen LogP contribution in [0.25, 0.3) is 0 Å². The highest BCUT2D eigenvalue weighted by molar-refractivity contribution is 6.17. The van der Waals surface area contributed by atoms with E-state index in [2.05, 4.69) is 0 Å². The van der Waals surface area contributed by atoms with Crippen LogP contribution < -0.4 is 0 Å². The van der Waals surface area contributed by atoms with E-state index in [0.717, 1.165) is 19.6 Å². The smallest absolute Gasteiger partial charge is 0.0831 e. The molecule has 0 saturated carbocycles. The van der Waals surface area contributed by atoms with Gasteiger partial charge in [-0.1, -0.05) is 0 Å². The van der Waals surface area contributed by atoms with Crippen LogP contribution in [0, 0.1) is 0 Å². The molecule has 0 aliphatic carbocycles. The lowest BCUT2D eigenvalue weighted by molar-refractivity contribution is 0.00398. The number of hydrogen-bond acceptors (Lipinski definition) is 3. The maximum atomic E-state index is 5.46. The van der Waals surface area contributed by atoms with E-state index >= 15 is 0 Å². The lowest BCUT2D eigenvalue weighted by Crippen LogP contribution is -2.16. The second-order valence-corrected chi connectivity index (χ2v) is 3.04. The Hall–Kier alpha value is 0.170. The Bertz CT molecular complexity index is 104. The molecule has 1 fully saturated rings. The van der Waals surface area contributed by atoms with Gasteiger partial charge < -0.3 is 14.2 Å². The molecule has 1 unspecified atom stereocenters. The van der Waals surface area contributed by atoms with Crippen LogP contribution in [0.3, 0.4) is 0 Å². The minimum atomic E-state index is 0.282. The molecule has 0 aromatic carbocycles. The third kappa shape index (κ3) is 4.26. The van der Waals surface area contributed by atoms with Crippen molar-refractivity contribution in [3.63, 3.8) is 0 Å². The van der Waals surface area contributed by atoms with Gasteiger partial charge in [-0.05, 0) is 6.42 Å². The number of rotatable bonds is 6. The maximum absolute atomic E-state index is 5.46. The van der Waals surface area contributed by atoms with E-state index in [1.807, 2.05) is 0 Å². The van der Waals surface area contributed by atoms with Gasteiger partial charge in [0.05, 0.1) is 32.5 Å². The monoisotopic (exact) mass is 194 g/mol. The fraction of sp³-hybridized carbons (Fsp3) is 1.00. The first-order valence-corrected chi connectivity index (χ1v) is 4.80. The molecule has 0 radical (unpaired) electrons. The molecule has 0 spiro atoms. The minimum absolute atomic E-state index is 0.282. The number of alkyl halides is 1. The van der Waals surface area contributed by atoms with Crippen molar-refractivity contribution in [1.29, 1.82) is 0 Å². The van der Waals surface area contributed by atoms with E-state index in [1.165, 1.54) is 0 Å². The minimum Gasteiger partial charge on any atom is -0.379 e. The summed E-state index contributed by atoms with van der Waals surface area (Å²) in [5.41, 5.74) is 0. The largest absolute Gasteiger partial charge is 0.379 e. The fourth-order valence-corrected chi connectivity index (χ4v) is 1.18. The average molecular weight is 195 g/mol. The topological polar surface area (TPSA) is 27.7 Å². The Morgan fingerprint density at radius 2 is 2.25 bits per heavy atom. The molecule has 1 aliphatic heterocycles.